The van der Waals surface area contributed by atoms with Gasteiger partial charge in [0, 0.05) is 38.0 Å². The quantitative estimate of drug-likeness (QED) is 0.898. The maximum atomic E-state index is 12.4. The zero-order chi connectivity index (χ0) is 17.6. The fourth-order valence-corrected chi connectivity index (χ4v) is 5.14. The molecule has 2 aromatic rings. The molecule has 1 aromatic carbocycles. The van der Waals surface area contributed by atoms with Crippen LogP contribution in [0.2, 0.25) is 0 Å². The second-order valence-corrected chi connectivity index (χ2v) is 7.92. The molecule has 0 amide bonds. The number of aromatic amines is 1. The van der Waals surface area contributed by atoms with Gasteiger partial charge < -0.3 is 19.4 Å². The summed E-state index contributed by atoms with van der Waals surface area (Å²) in [7, 11) is 0. The minimum atomic E-state index is -0.272. The number of nitrogens with one attached hydrogen (secondary N) is 1. The van der Waals surface area contributed by atoms with E-state index in [1.807, 2.05) is 28.8 Å². The molecule has 2 saturated heterocycles. The van der Waals surface area contributed by atoms with Crippen LogP contribution in [0.15, 0.2) is 29.1 Å². The smallest absolute Gasteiger partial charge is 0.326 e. The average molecular weight is 357 g/mol. The van der Waals surface area contributed by atoms with E-state index in [1.165, 1.54) is 0 Å². The summed E-state index contributed by atoms with van der Waals surface area (Å²) >= 11 is 0. The summed E-state index contributed by atoms with van der Waals surface area (Å²) in [5, 5.41) is 0. The van der Waals surface area contributed by atoms with Crippen molar-refractivity contribution in [3.05, 3.63) is 34.7 Å². The monoisotopic (exact) mass is 357 g/mol. The molecule has 0 bridgehead atoms. The Bertz CT molecular complexity index is 818. The van der Waals surface area contributed by atoms with Gasteiger partial charge in [-0.3, -0.25) is 4.57 Å². The van der Waals surface area contributed by atoms with Crippen LogP contribution in [0.3, 0.4) is 0 Å². The van der Waals surface area contributed by atoms with Gasteiger partial charge >= 0.3 is 5.69 Å². The topological polar surface area (TPSA) is 59.5 Å². The first-order valence-electron chi connectivity index (χ1n) is 9.95. The number of piperidine rings is 1. The molecule has 3 aliphatic rings. The van der Waals surface area contributed by atoms with Crippen molar-refractivity contribution in [2.24, 2.45) is 0 Å². The van der Waals surface area contributed by atoms with Crippen LogP contribution < -0.4 is 5.69 Å². The van der Waals surface area contributed by atoms with Crippen LogP contribution >= 0.6 is 0 Å². The number of likely N-dealkylation sites (tertiary alicyclic amines) is 1. The highest BCUT2D eigenvalue weighted by Gasteiger charge is 2.42. The third kappa shape index (κ3) is 2.80. The molecule has 0 radical (unpaired) electrons. The van der Waals surface area contributed by atoms with Gasteiger partial charge in [0.25, 0.3) is 0 Å². The first-order chi connectivity index (χ1) is 12.7. The lowest BCUT2D eigenvalue weighted by atomic mass is 9.88. The number of aromatic nitrogens is 2. The Morgan fingerprint density at radius 2 is 1.65 bits per heavy atom. The van der Waals surface area contributed by atoms with Crippen LogP contribution in [0.5, 0.6) is 0 Å². The number of nitrogens with zero attached hydrogens (tertiary/aromatic N) is 2. The van der Waals surface area contributed by atoms with Crippen LogP contribution in [0.25, 0.3) is 11.0 Å². The van der Waals surface area contributed by atoms with E-state index in [1.54, 1.807) is 0 Å². The van der Waals surface area contributed by atoms with E-state index in [0.29, 0.717) is 12.1 Å². The minimum Gasteiger partial charge on any atom is -0.348 e. The summed E-state index contributed by atoms with van der Waals surface area (Å²) < 4.78 is 13.7. The van der Waals surface area contributed by atoms with Crippen LogP contribution in [0.4, 0.5) is 0 Å². The summed E-state index contributed by atoms with van der Waals surface area (Å²) in [5.41, 5.74) is 2.00. The van der Waals surface area contributed by atoms with Crippen molar-refractivity contribution in [3.63, 3.8) is 0 Å². The van der Waals surface area contributed by atoms with Crippen molar-refractivity contribution < 1.29 is 9.47 Å². The molecule has 1 saturated carbocycles. The summed E-state index contributed by atoms with van der Waals surface area (Å²) in [5.74, 6) is -0.272. The number of ether oxygens (including phenoxy) is 2. The van der Waals surface area contributed by atoms with Gasteiger partial charge in [0.05, 0.1) is 24.2 Å². The van der Waals surface area contributed by atoms with E-state index in [0.717, 1.165) is 75.9 Å². The third-order valence-electron chi connectivity index (χ3n) is 6.54. The van der Waals surface area contributed by atoms with Crippen LogP contribution in [-0.2, 0) is 9.47 Å². The van der Waals surface area contributed by atoms with Gasteiger partial charge in [0.2, 0.25) is 0 Å². The molecule has 1 N–H and O–H groups in total. The Hall–Kier alpha value is -1.63. The summed E-state index contributed by atoms with van der Waals surface area (Å²) in [4.78, 5) is 18.0. The van der Waals surface area contributed by atoms with Crippen molar-refractivity contribution in [1.82, 2.24) is 14.5 Å². The molecule has 1 spiro atoms. The fraction of sp³-hybridized carbons (Fsp3) is 0.650. The lowest BCUT2D eigenvalue weighted by Gasteiger charge is -2.43. The van der Waals surface area contributed by atoms with Crippen molar-refractivity contribution >= 4 is 11.0 Å². The summed E-state index contributed by atoms with van der Waals surface area (Å²) in [6.45, 7) is 3.62. The van der Waals surface area contributed by atoms with Gasteiger partial charge in [-0.2, -0.15) is 0 Å². The highest BCUT2D eigenvalue weighted by Crippen LogP contribution is 2.38. The van der Waals surface area contributed by atoms with Crippen molar-refractivity contribution in [3.8, 4) is 0 Å². The highest BCUT2D eigenvalue weighted by molar-refractivity contribution is 5.75. The molecule has 6 heteroatoms. The standard InChI is InChI=1S/C20H27N3O3/c24-19-21-17-3-1-2-4-18(17)23(19)16-7-11-22(12-8-16)15-5-9-20(10-6-15)25-13-14-26-20/h1-4,15-16H,5-14H2,(H,21,24). The van der Waals surface area contributed by atoms with Gasteiger partial charge in [-0.15, -0.1) is 0 Å². The second kappa shape index (κ2) is 6.51. The zero-order valence-electron chi connectivity index (χ0n) is 15.2. The molecular weight excluding hydrogens is 330 g/mol. The molecule has 6 nitrogen and oxygen atoms in total. The number of benzene rings is 1. The van der Waals surface area contributed by atoms with E-state index in [9.17, 15) is 4.79 Å². The number of hydrogen-bond acceptors (Lipinski definition) is 4. The summed E-state index contributed by atoms with van der Waals surface area (Å²) in [6, 6.07) is 8.93. The third-order valence-corrected chi connectivity index (χ3v) is 6.54. The number of imidazole rings is 1. The minimum absolute atomic E-state index is 0.0276. The Morgan fingerprint density at radius 1 is 0.962 bits per heavy atom. The molecule has 1 aromatic heterocycles. The average Bonchev–Trinajstić information content (AvgIpc) is 3.26. The number of para-hydroxylation sites is 2. The Balaban J connectivity index is 1.24. The highest BCUT2D eigenvalue weighted by atomic mass is 16.7. The Kier molecular flexibility index (Phi) is 4.14. The maximum Gasteiger partial charge on any atom is 0.326 e. The van der Waals surface area contributed by atoms with Crippen LogP contribution in [0.1, 0.15) is 44.6 Å². The molecular formula is C20H27N3O3. The van der Waals surface area contributed by atoms with Gasteiger partial charge in [-0.05, 0) is 37.8 Å². The Labute approximate surface area is 153 Å². The Morgan fingerprint density at radius 3 is 2.38 bits per heavy atom. The molecule has 5 rings (SSSR count). The van der Waals surface area contributed by atoms with Crippen molar-refractivity contribution in [1.29, 1.82) is 0 Å². The van der Waals surface area contributed by atoms with E-state index in [2.05, 4.69) is 9.88 Å². The lowest BCUT2D eigenvalue weighted by Crippen LogP contribution is -2.47. The predicted octanol–water partition coefficient (Wildman–Crippen LogP) is 2.65. The number of hydrogen-bond donors (Lipinski definition) is 1. The molecule has 1 aliphatic carbocycles. The number of H-pyrrole nitrogens is 1. The fourth-order valence-electron chi connectivity index (χ4n) is 5.14. The number of fused-ring (bicyclic) bond motifs is 1. The molecule has 2 aliphatic heterocycles. The first kappa shape index (κ1) is 16.5. The van der Waals surface area contributed by atoms with Crippen LogP contribution in [0, 0.1) is 0 Å². The number of rotatable bonds is 2. The molecule has 3 fully saturated rings. The second-order valence-electron chi connectivity index (χ2n) is 7.92. The van der Waals surface area contributed by atoms with E-state index < -0.39 is 0 Å². The van der Waals surface area contributed by atoms with Gasteiger partial charge in [-0.25, -0.2) is 4.79 Å². The molecule has 26 heavy (non-hydrogen) atoms. The van der Waals surface area contributed by atoms with Gasteiger partial charge in [0.1, 0.15) is 0 Å². The predicted molar refractivity (Wildman–Crippen MR) is 99.3 cm³/mol. The first-order valence-corrected chi connectivity index (χ1v) is 9.95. The SMILES string of the molecule is O=c1[nH]c2ccccc2n1C1CCN(C2CCC3(CC2)OCCO3)CC1. The molecule has 0 unspecified atom stereocenters. The largest absolute Gasteiger partial charge is 0.348 e. The summed E-state index contributed by atoms with van der Waals surface area (Å²) in [6.07, 6.45) is 6.40. The van der Waals surface area contributed by atoms with Crippen molar-refractivity contribution in [2.45, 2.75) is 56.4 Å². The molecule has 3 heterocycles. The zero-order valence-corrected chi connectivity index (χ0v) is 15.2. The lowest BCUT2D eigenvalue weighted by molar-refractivity contribution is -0.184. The van der Waals surface area contributed by atoms with Gasteiger partial charge in [-0.1, -0.05) is 12.1 Å². The molecule has 0 atom stereocenters. The van der Waals surface area contributed by atoms with E-state index in [-0.39, 0.29) is 11.5 Å². The van der Waals surface area contributed by atoms with E-state index in [4.69, 9.17) is 9.47 Å². The van der Waals surface area contributed by atoms with Gasteiger partial charge in [0.15, 0.2) is 5.79 Å². The van der Waals surface area contributed by atoms with Crippen LogP contribution in [-0.4, -0.2) is 52.6 Å². The van der Waals surface area contributed by atoms with E-state index >= 15 is 0 Å². The molecule has 140 valence electrons. The normalized spacial score (nSPS) is 25.4. The van der Waals surface area contributed by atoms with Crippen molar-refractivity contribution in [2.75, 3.05) is 26.3 Å². The maximum absolute atomic E-state index is 12.4.